The lowest BCUT2D eigenvalue weighted by Gasteiger charge is -2.31. The molecular weight excluding hydrogens is 355 g/mol. The first-order valence-corrected chi connectivity index (χ1v) is 10.5. The molecule has 0 spiro atoms. The van der Waals surface area contributed by atoms with Gasteiger partial charge in [-0.1, -0.05) is 18.2 Å². The van der Waals surface area contributed by atoms with Gasteiger partial charge in [-0.3, -0.25) is 9.69 Å². The highest BCUT2D eigenvalue weighted by molar-refractivity contribution is 8.00. The number of benzene rings is 1. The maximum Gasteiger partial charge on any atom is 0.230 e. The summed E-state index contributed by atoms with van der Waals surface area (Å²) in [6, 6.07) is 10.9. The van der Waals surface area contributed by atoms with Gasteiger partial charge in [-0.2, -0.15) is 0 Å². The van der Waals surface area contributed by atoms with Gasteiger partial charge in [0.1, 0.15) is 5.82 Å². The Balaban J connectivity index is 1.32. The predicted octanol–water partition coefficient (Wildman–Crippen LogP) is 4.01. The number of nitrogens with one attached hydrogen (secondary N) is 1. The molecule has 1 saturated heterocycles. The molecule has 3 nitrogen and oxygen atoms in total. The Morgan fingerprint density at radius 2 is 2.04 bits per heavy atom. The van der Waals surface area contributed by atoms with Crippen LogP contribution in [0.15, 0.2) is 46.7 Å². The van der Waals surface area contributed by atoms with E-state index in [0.717, 1.165) is 39.0 Å². The van der Waals surface area contributed by atoms with Gasteiger partial charge in [0.25, 0.3) is 0 Å². The maximum atomic E-state index is 13.5. The number of rotatable bonds is 7. The second-order valence-electron chi connectivity index (χ2n) is 6.32. The number of hydrogen-bond donors (Lipinski definition) is 1. The zero-order valence-electron chi connectivity index (χ0n) is 14.1. The number of hydrogen-bond acceptors (Lipinski definition) is 4. The average molecular weight is 379 g/mol. The smallest absolute Gasteiger partial charge is 0.230 e. The summed E-state index contributed by atoms with van der Waals surface area (Å²) in [6.07, 6.45) is 2.23. The predicted molar refractivity (Wildman–Crippen MR) is 102 cm³/mol. The summed E-state index contributed by atoms with van der Waals surface area (Å²) in [4.78, 5) is 16.4. The largest absolute Gasteiger partial charge is 0.355 e. The van der Waals surface area contributed by atoms with Crippen LogP contribution >= 0.6 is 23.1 Å². The van der Waals surface area contributed by atoms with Crippen molar-refractivity contribution in [2.45, 2.75) is 24.3 Å². The molecule has 1 N–H and O–H groups in total. The summed E-state index contributed by atoms with van der Waals surface area (Å²) in [5.74, 6) is 0.521. The third-order valence-corrected chi connectivity index (χ3v) is 6.36. The summed E-state index contributed by atoms with van der Waals surface area (Å²) in [6.45, 7) is 3.93. The van der Waals surface area contributed by atoms with E-state index < -0.39 is 0 Å². The highest BCUT2D eigenvalue weighted by Crippen LogP contribution is 2.22. The minimum Gasteiger partial charge on any atom is -0.355 e. The van der Waals surface area contributed by atoms with E-state index in [1.54, 1.807) is 18.2 Å². The highest BCUT2D eigenvalue weighted by Gasteiger charge is 2.20. The molecule has 1 fully saturated rings. The number of amides is 1. The molecule has 2 heterocycles. The van der Waals surface area contributed by atoms with Gasteiger partial charge in [0.05, 0.1) is 5.75 Å². The number of piperidine rings is 1. The van der Waals surface area contributed by atoms with Gasteiger partial charge in [0.15, 0.2) is 0 Å². The Morgan fingerprint density at radius 3 is 2.76 bits per heavy atom. The first-order valence-electron chi connectivity index (χ1n) is 8.59. The van der Waals surface area contributed by atoms with Crippen LogP contribution in [0, 0.1) is 11.7 Å². The molecular formula is C19H23FN2OS2. The third-order valence-electron chi connectivity index (χ3n) is 4.45. The van der Waals surface area contributed by atoms with Crippen LogP contribution < -0.4 is 5.32 Å². The molecule has 25 heavy (non-hydrogen) atoms. The van der Waals surface area contributed by atoms with Crippen LogP contribution in [0.2, 0.25) is 0 Å². The molecule has 0 atom stereocenters. The first-order chi connectivity index (χ1) is 12.2. The molecule has 1 aliphatic heterocycles. The Bertz CT molecular complexity index is 670. The van der Waals surface area contributed by atoms with Crippen molar-refractivity contribution in [2.24, 2.45) is 5.92 Å². The SMILES string of the molecule is O=C(CSc1ccccc1F)NCC1CCN(Cc2cccs2)CC1. The lowest BCUT2D eigenvalue weighted by Crippen LogP contribution is -2.38. The second-order valence-corrected chi connectivity index (χ2v) is 8.37. The summed E-state index contributed by atoms with van der Waals surface area (Å²) >= 11 is 3.06. The number of thiophene rings is 1. The van der Waals surface area contributed by atoms with E-state index >= 15 is 0 Å². The third kappa shape index (κ3) is 5.83. The van der Waals surface area contributed by atoms with Crippen molar-refractivity contribution in [3.05, 3.63) is 52.5 Å². The molecule has 1 amide bonds. The molecule has 0 radical (unpaired) electrons. The van der Waals surface area contributed by atoms with Crippen LogP contribution in [0.1, 0.15) is 17.7 Å². The van der Waals surface area contributed by atoms with E-state index in [0.29, 0.717) is 10.8 Å². The minimum absolute atomic E-state index is 0.0192. The fourth-order valence-corrected chi connectivity index (χ4v) is 4.50. The van der Waals surface area contributed by atoms with Crippen molar-refractivity contribution < 1.29 is 9.18 Å². The molecule has 1 aromatic carbocycles. The van der Waals surface area contributed by atoms with E-state index in [9.17, 15) is 9.18 Å². The van der Waals surface area contributed by atoms with Crippen molar-refractivity contribution >= 4 is 29.0 Å². The van der Waals surface area contributed by atoms with Crippen LogP contribution in [-0.2, 0) is 11.3 Å². The normalized spacial score (nSPS) is 16.0. The Labute approximate surface area is 156 Å². The van der Waals surface area contributed by atoms with Crippen molar-refractivity contribution in [2.75, 3.05) is 25.4 Å². The standard InChI is InChI=1S/C19H23FN2OS2/c20-17-5-1-2-6-18(17)25-14-19(23)21-12-15-7-9-22(10-8-15)13-16-4-3-11-24-16/h1-6,11,15H,7-10,12-14H2,(H,21,23). The number of nitrogens with zero attached hydrogens (tertiary/aromatic N) is 1. The summed E-state index contributed by atoms with van der Waals surface area (Å²) in [5.41, 5.74) is 0. The number of carbonyl (C=O) groups is 1. The lowest BCUT2D eigenvalue weighted by atomic mass is 9.97. The van der Waals surface area contributed by atoms with Gasteiger partial charge in [0, 0.05) is 22.9 Å². The maximum absolute atomic E-state index is 13.5. The molecule has 0 aliphatic carbocycles. The van der Waals surface area contributed by atoms with E-state index in [-0.39, 0.29) is 17.5 Å². The van der Waals surface area contributed by atoms with Crippen molar-refractivity contribution in [3.8, 4) is 0 Å². The average Bonchev–Trinajstić information content (AvgIpc) is 3.13. The number of thioether (sulfide) groups is 1. The van der Waals surface area contributed by atoms with Gasteiger partial charge in [-0.05, 0) is 55.4 Å². The van der Waals surface area contributed by atoms with Crippen LogP contribution in [0.5, 0.6) is 0 Å². The highest BCUT2D eigenvalue weighted by atomic mass is 32.2. The quantitative estimate of drug-likeness (QED) is 0.739. The van der Waals surface area contributed by atoms with E-state index in [4.69, 9.17) is 0 Å². The number of halogens is 1. The van der Waals surface area contributed by atoms with E-state index in [1.165, 1.54) is 22.7 Å². The van der Waals surface area contributed by atoms with Gasteiger partial charge in [-0.25, -0.2) is 4.39 Å². The molecule has 1 aliphatic rings. The molecule has 1 aromatic heterocycles. The Kier molecular flexibility index (Phi) is 6.90. The summed E-state index contributed by atoms with van der Waals surface area (Å²) < 4.78 is 13.5. The van der Waals surface area contributed by atoms with Crippen LogP contribution in [-0.4, -0.2) is 36.2 Å². The van der Waals surface area contributed by atoms with Crippen LogP contribution in [0.3, 0.4) is 0 Å². The van der Waals surface area contributed by atoms with Crippen molar-refractivity contribution in [1.82, 2.24) is 10.2 Å². The molecule has 0 saturated carbocycles. The Morgan fingerprint density at radius 1 is 1.24 bits per heavy atom. The fraction of sp³-hybridized carbons (Fsp3) is 0.421. The second kappa shape index (κ2) is 9.36. The molecule has 6 heteroatoms. The molecule has 134 valence electrons. The van der Waals surface area contributed by atoms with Crippen LogP contribution in [0.4, 0.5) is 4.39 Å². The molecule has 3 rings (SSSR count). The Hall–Kier alpha value is -1.37. The zero-order valence-corrected chi connectivity index (χ0v) is 15.8. The zero-order chi connectivity index (χ0) is 17.5. The summed E-state index contributed by atoms with van der Waals surface area (Å²) in [5, 5.41) is 5.13. The van der Waals surface area contributed by atoms with Crippen molar-refractivity contribution in [3.63, 3.8) is 0 Å². The fourth-order valence-electron chi connectivity index (χ4n) is 2.99. The molecule has 2 aromatic rings. The van der Waals surface area contributed by atoms with Crippen LogP contribution in [0.25, 0.3) is 0 Å². The van der Waals surface area contributed by atoms with Gasteiger partial charge >= 0.3 is 0 Å². The number of likely N-dealkylation sites (tertiary alicyclic amines) is 1. The molecule has 0 unspecified atom stereocenters. The first kappa shape index (κ1) is 18.4. The van der Waals surface area contributed by atoms with Gasteiger partial charge in [0.2, 0.25) is 5.91 Å². The topological polar surface area (TPSA) is 32.3 Å². The number of carbonyl (C=O) groups excluding carboxylic acids is 1. The van der Waals surface area contributed by atoms with Crippen molar-refractivity contribution in [1.29, 1.82) is 0 Å². The monoisotopic (exact) mass is 378 g/mol. The minimum atomic E-state index is -0.265. The lowest BCUT2D eigenvalue weighted by molar-refractivity contribution is -0.118. The van der Waals surface area contributed by atoms with Gasteiger partial charge < -0.3 is 5.32 Å². The summed E-state index contributed by atoms with van der Waals surface area (Å²) in [7, 11) is 0. The molecule has 0 bridgehead atoms. The van der Waals surface area contributed by atoms with E-state index in [1.807, 2.05) is 11.3 Å². The van der Waals surface area contributed by atoms with Gasteiger partial charge in [-0.15, -0.1) is 23.1 Å². The van der Waals surface area contributed by atoms with E-state index in [2.05, 4.69) is 27.7 Å².